The Morgan fingerprint density at radius 1 is 1.03 bits per heavy atom. The Labute approximate surface area is 222 Å². The number of nitro benzene ring substituents is 1. The number of benzene rings is 3. The van der Waals surface area contributed by atoms with Gasteiger partial charge in [-0.05, 0) is 48.0 Å². The lowest BCUT2D eigenvalue weighted by Crippen LogP contribution is -2.54. The first kappa shape index (κ1) is 25.4. The number of nitrogens with one attached hydrogen (secondary N) is 1. The molecule has 0 spiro atoms. The molecule has 4 rings (SSSR count). The minimum absolute atomic E-state index is 0.00644. The van der Waals surface area contributed by atoms with Gasteiger partial charge in [-0.2, -0.15) is 0 Å². The van der Waals surface area contributed by atoms with Crippen LogP contribution in [0.25, 0.3) is 6.08 Å². The maximum Gasteiger partial charge on any atom is 0.335 e. The third kappa shape index (κ3) is 5.40. The molecule has 1 heterocycles. The summed E-state index contributed by atoms with van der Waals surface area (Å²) in [5.74, 6) is -1.45. The van der Waals surface area contributed by atoms with Crippen molar-refractivity contribution in [2.45, 2.75) is 6.61 Å². The van der Waals surface area contributed by atoms with E-state index >= 15 is 0 Å². The zero-order valence-corrected chi connectivity index (χ0v) is 21.1. The number of urea groups is 1. The molecule has 36 heavy (non-hydrogen) atoms. The summed E-state index contributed by atoms with van der Waals surface area (Å²) in [4.78, 5) is 49.5. The van der Waals surface area contributed by atoms with Gasteiger partial charge in [0.15, 0.2) is 0 Å². The van der Waals surface area contributed by atoms with E-state index in [-0.39, 0.29) is 33.6 Å². The van der Waals surface area contributed by atoms with Gasteiger partial charge in [0.05, 0.1) is 20.7 Å². The van der Waals surface area contributed by atoms with Crippen LogP contribution in [0.5, 0.6) is 5.75 Å². The molecule has 0 unspecified atom stereocenters. The van der Waals surface area contributed by atoms with Gasteiger partial charge >= 0.3 is 6.03 Å². The Morgan fingerprint density at radius 2 is 1.81 bits per heavy atom. The first-order chi connectivity index (χ1) is 17.1. The van der Waals surface area contributed by atoms with Gasteiger partial charge in [-0.3, -0.25) is 25.0 Å². The van der Waals surface area contributed by atoms with Gasteiger partial charge in [-0.15, -0.1) is 0 Å². The summed E-state index contributed by atoms with van der Waals surface area (Å²) in [6.07, 6.45) is 1.29. The van der Waals surface area contributed by atoms with Gasteiger partial charge in [0, 0.05) is 22.2 Å². The number of barbiturate groups is 1. The number of imide groups is 2. The molecule has 12 heteroatoms. The summed E-state index contributed by atoms with van der Waals surface area (Å²) in [6.45, 7) is -0.00644. The van der Waals surface area contributed by atoms with Crippen molar-refractivity contribution in [1.29, 1.82) is 0 Å². The largest absolute Gasteiger partial charge is 0.488 e. The first-order valence-electron chi connectivity index (χ1n) is 10.2. The van der Waals surface area contributed by atoms with E-state index in [4.69, 9.17) is 27.9 Å². The lowest BCUT2D eigenvalue weighted by molar-refractivity contribution is -0.384. The Kier molecular flexibility index (Phi) is 7.39. The number of ether oxygens (including phenoxy) is 1. The minimum Gasteiger partial charge on any atom is -0.488 e. The Bertz CT molecular complexity index is 1460. The predicted molar refractivity (Wildman–Crippen MR) is 137 cm³/mol. The molecule has 3 aromatic carbocycles. The predicted octanol–water partition coefficient (Wildman–Crippen LogP) is 5.91. The summed E-state index contributed by atoms with van der Waals surface area (Å²) in [5.41, 5.74) is 0.636. The molecular formula is C24H14BrCl2N3O6. The number of carbonyl (C=O) groups excluding carboxylic acids is 3. The molecule has 1 aliphatic rings. The molecule has 1 aliphatic heterocycles. The maximum absolute atomic E-state index is 13.2. The summed E-state index contributed by atoms with van der Waals surface area (Å²) in [7, 11) is 0. The number of hydrogen-bond acceptors (Lipinski definition) is 6. The molecule has 1 saturated heterocycles. The summed E-state index contributed by atoms with van der Waals surface area (Å²) in [6, 6.07) is 14.1. The van der Waals surface area contributed by atoms with E-state index in [1.807, 2.05) is 0 Å². The number of nitro groups is 1. The van der Waals surface area contributed by atoms with Crippen molar-refractivity contribution in [3.05, 3.63) is 102 Å². The average Bonchev–Trinajstić information content (AvgIpc) is 2.83. The van der Waals surface area contributed by atoms with Crippen molar-refractivity contribution in [1.82, 2.24) is 5.32 Å². The molecule has 0 bridgehead atoms. The van der Waals surface area contributed by atoms with Crippen molar-refractivity contribution in [3.8, 4) is 5.75 Å². The highest BCUT2D eigenvalue weighted by molar-refractivity contribution is 9.10. The van der Waals surface area contributed by atoms with Crippen LogP contribution >= 0.6 is 39.1 Å². The van der Waals surface area contributed by atoms with E-state index in [1.54, 1.807) is 30.3 Å². The van der Waals surface area contributed by atoms with Crippen LogP contribution in [0.1, 0.15) is 11.1 Å². The normalized spacial score (nSPS) is 14.7. The first-order valence-corrected chi connectivity index (χ1v) is 11.7. The maximum atomic E-state index is 13.2. The minimum atomic E-state index is -0.933. The second-order valence-corrected chi connectivity index (χ2v) is 9.18. The fraction of sp³-hybridized carbons (Fsp3) is 0.0417. The molecule has 182 valence electrons. The molecule has 9 nitrogen and oxygen atoms in total. The van der Waals surface area contributed by atoms with E-state index in [0.717, 1.165) is 4.90 Å². The zero-order chi connectivity index (χ0) is 26.0. The van der Waals surface area contributed by atoms with Gasteiger partial charge in [-0.1, -0.05) is 51.3 Å². The molecule has 3 aromatic rings. The van der Waals surface area contributed by atoms with Gasteiger partial charge in [0.25, 0.3) is 17.5 Å². The van der Waals surface area contributed by atoms with Crippen molar-refractivity contribution < 1.29 is 24.0 Å². The topological polar surface area (TPSA) is 119 Å². The molecule has 0 radical (unpaired) electrons. The van der Waals surface area contributed by atoms with Crippen LogP contribution in [0.2, 0.25) is 10.0 Å². The van der Waals surface area contributed by atoms with Crippen molar-refractivity contribution in [3.63, 3.8) is 0 Å². The van der Waals surface area contributed by atoms with Crippen molar-refractivity contribution >= 4 is 74.4 Å². The van der Waals surface area contributed by atoms with Crippen LogP contribution in [0.4, 0.5) is 16.2 Å². The van der Waals surface area contributed by atoms with E-state index in [2.05, 4.69) is 21.2 Å². The quantitative estimate of drug-likeness (QED) is 0.165. The van der Waals surface area contributed by atoms with Crippen LogP contribution in [0.3, 0.4) is 0 Å². The Morgan fingerprint density at radius 3 is 2.53 bits per heavy atom. The smallest absolute Gasteiger partial charge is 0.335 e. The molecule has 0 aliphatic carbocycles. The Hall–Kier alpha value is -3.73. The van der Waals surface area contributed by atoms with Gasteiger partial charge in [0.2, 0.25) is 0 Å². The fourth-order valence-corrected chi connectivity index (χ4v) is 4.03. The number of hydrogen-bond donors (Lipinski definition) is 1. The molecule has 0 aromatic heterocycles. The van der Waals surface area contributed by atoms with Crippen LogP contribution in [0.15, 0.2) is 70.7 Å². The third-order valence-electron chi connectivity index (χ3n) is 5.05. The standard InChI is InChI=1S/C24H14BrCl2N3O6/c25-15-4-7-21(36-12-13-2-1-3-17(8-13)30(34)35)14(9-15)10-18-22(31)28-24(33)29(23(18)32)16-5-6-19(26)20(27)11-16/h1-11H,12H2,(H,28,31,33)/b18-10+. The number of non-ortho nitro benzene ring substituents is 1. The van der Waals surface area contributed by atoms with E-state index in [1.165, 1.54) is 36.4 Å². The molecule has 0 atom stereocenters. The number of carbonyl (C=O) groups is 3. The van der Waals surface area contributed by atoms with Crippen molar-refractivity contribution in [2.24, 2.45) is 0 Å². The van der Waals surface area contributed by atoms with E-state index in [0.29, 0.717) is 21.3 Å². The Balaban J connectivity index is 1.67. The van der Waals surface area contributed by atoms with Gasteiger partial charge in [0.1, 0.15) is 17.9 Å². The van der Waals surface area contributed by atoms with E-state index < -0.39 is 22.8 Å². The highest BCUT2D eigenvalue weighted by atomic mass is 79.9. The summed E-state index contributed by atoms with van der Waals surface area (Å²) >= 11 is 15.3. The molecular weight excluding hydrogens is 577 g/mol. The number of anilines is 1. The molecule has 1 fully saturated rings. The van der Waals surface area contributed by atoms with Gasteiger partial charge < -0.3 is 4.74 Å². The second kappa shape index (κ2) is 10.5. The van der Waals surface area contributed by atoms with Crippen molar-refractivity contribution in [2.75, 3.05) is 4.90 Å². The fourth-order valence-electron chi connectivity index (χ4n) is 3.36. The lowest BCUT2D eigenvalue weighted by Gasteiger charge is -2.26. The third-order valence-corrected chi connectivity index (χ3v) is 6.28. The number of halogens is 3. The molecule has 1 N–H and O–H groups in total. The van der Waals surface area contributed by atoms with Crippen LogP contribution < -0.4 is 15.0 Å². The number of nitrogens with zero attached hydrogens (tertiary/aromatic N) is 2. The molecule has 4 amide bonds. The highest BCUT2D eigenvalue weighted by Crippen LogP contribution is 2.31. The average molecular weight is 591 g/mol. The number of amides is 4. The summed E-state index contributed by atoms with van der Waals surface area (Å²) < 4.78 is 6.48. The number of rotatable bonds is 6. The van der Waals surface area contributed by atoms with Crippen LogP contribution in [-0.2, 0) is 16.2 Å². The summed E-state index contributed by atoms with van der Waals surface area (Å²) in [5, 5.41) is 13.5. The monoisotopic (exact) mass is 589 g/mol. The van der Waals surface area contributed by atoms with Gasteiger partial charge in [-0.25, -0.2) is 9.69 Å². The SMILES string of the molecule is O=C1NC(=O)N(c2ccc(Cl)c(Cl)c2)C(=O)/C1=C/c1cc(Br)ccc1OCc1cccc([N+](=O)[O-])c1. The highest BCUT2D eigenvalue weighted by Gasteiger charge is 2.37. The van der Waals surface area contributed by atoms with E-state index in [9.17, 15) is 24.5 Å². The van der Waals surface area contributed by atoms with Crippen LogP contribution in [0, 0.1) is 10.1 Å². The molecule has 0 saturated carbocycles. The second-order valence-electron chi connectivity index (χ2n) is 7.45. The van der Waals surface area contributed by atoms with Crippen LogP contribution in [-0.4, -0.2) is 22.8 Å². The zero-order valence-electron chi connectivity index (χ0n) is 18.0. The lowest BCUT2D eigenvalue weighted by atomic mass is 10.1.